The first-order chi connectivity index (χ1) is 9.73. The Hall–Kier alpha value is -2.37. The zero-order chi connectivity index (χ0) is 15.8. The molecule has 0 radical (unpaired) electrons. The second-order valence-electron chi connectivity index (χ2n) is 5.95. The van der Waals surface area contributed by atoms with Gasteiger partial charge < -0.3 is 16.2 Å². The summed E-state index contributed by atoms with van der Waals surface area (Å²) in [5.41, 5.74) is 5.82. The number of nitrogens with two attached hydrogens (primary N) is 1. The molecule has 1 aromatic carbocycles. The van der Waals surface area contributed by atoms with Crippen LogP contribution in [-0.2, 0) is 20.8 Å². The standard InChI is InChI=1S/C15H18N2O4/c1-15(2)11(12(15)14(20)21)13(19)17-9-5-3-4-8(6-9)7-10(16)18/h3-6,11-12H,7H2,1-2H3,(H2,16,18)(H,17,19)(H,20,21). The van der Waals surface area contributed by atoms with Gasteiger partial charge in [0, 0.05) is 5.69 Å². The van der Waals surface area contributed by atoms with Crippen molar-refractivity contribution in [2.75, 3.05) is 5.32 Å². The van der Waals surface area contributed by atoms with Gasteiger partial charge in [0.1, 0.15) is 0 Å². The zero-order valence-corrected chi connectivity index (χ0v) is 11.9. The van der Waals surface area contributed by atoms with E-state index in [-0.39, 0.29) is 12.3 Å². The van der Waals surface area contributed by atoms with E-state index >= 15 is 0 Å². The Labute approximate surface area is 122 Å². The summed E-state index contributed by atoms with van der Waals surface area (Å²) in [6.45, 7) is 3.53. The monoisotopic (exact) mass is 290 g/mol. The molecule has 1 aromatic rings. The molecule has 1 aliphatic rings. The SMILES string of the molecule is CC1(C)C(C(=O)O)C1C(=O)Nc1cccc(CC(N)=O)c1. The minimum absolute atomic E-state index is 0.0936. The van der Waals surface area contributed by atoms with Crippen LogP contribution in [0.15, 0.2) is 24.3 Å². The molecule has 4 N–H and O–H groups in total. The molecule has 1 fully saturated rings. The van der Waals surface area contributed by atoms with Crippen molar-refractivity contribution in [3.05, 3.63) is 29.8 Å². The van der Waals surface area contributed by atoms with Gasteiger partial charge in [-0.15, -0.1) is 0 Å². The van der Waals surface area contributed by atoms with E-state index in [1.165, 1.54) is 0 Å². The van der Waals surface area contributed by atoms with Crippen molar-refractivity contribution in [1.82, 2.24) is 0 Å². The lowest BCUT2D eigenvalue weighted by Crippen LogP contribution is -2.18. The van der Waals surface area contributed by atoms with Gasteiger partial charge in [-0.2, -0.15) is 0 Å². The Morgan fingerprint density at radius 2 is 1.95 bits per heavy atom. The van der Waals surface area contributed by atoms with Gasteiger partial charge >= 0.3 is 5.97 Å². The van der Waals surface area contributed by atoms with Gasteiger partial charge in [0.25, 0.3) is 0 Å². The van der Waals surface area contributed by atoms with Crippen LogP contribution in [0.1, 0.15) is 19.4 Å². The van der Waals surface area contributed by atoms with Crippen LogP contribution >= 0.6 is 0 Å². The molecule has 2 atom stereocenters. The molecule has 2 unspecified atom stereocenters. The quantitative estimate of drug-likeness (QED) is 0.751. The first kappa shape index (κ1) is 15.0. The van der Waals surface area contributed by atoms with Gasteiger partial charge in [-0.1, -0.05) is 26.0 Å². The number of nitrogens with one attached hydrogen (secondary N) is 1. The molecule has 0 aliphatic heterocycles. The highest BCUT2D eigenvalue weighted by atomic mass is 16.4. The zero-order valence-electron chi connectivity index (χ0n) is 11.9. The van der Waals surface area contributed by atoms with Crippen LogP contribution < -0.4 is 11.1 Å². The number of carbonyl (C=O) groups excluding carboxylic acids is 2. The van der Waals surface area contributed by atoms with E-state index in [2.05, 4.69) is 5.32 Å². The fraction of sp³-hybridized carbons (Fsp3) is 0.400. The van der Waals surface area contributed by atoms with Crippen molar-refractivity contribution in [3.8, 4) is 0 Å². The maximum Gasteiger partial charge on any atom is 0.307 e. The summed E-state index contributed by atoms with van der Waals surface area (Å²) in [6, 6.07) is 6.80. The molecular formula is C15H18N2O4. The summed E-state index contributed by atoms with van der Waals surface area (Å²) in [5, 5.41) is 11.8. The molecule has 112 valence electrons. The predicted octanol–water partition coefficient (Wildman–Crippen LogP) is 1.01. The lowest BCUT2D eigenvalue weighted by molar-refractivity contribution is -0.140. The highest BCUT2D eigenvalue weighted by molar-refractivity contribution is 5.99. The third kappa shape index (κ3) is 3.04. The number of carboxylic acid groups (broad SMARTS) is 1. The Morgan fingerprint density at radius 3 is 2.48 bits per heavy atom. The van der Waals surface area contributed by atoms with Crippen molar-refractivity contribution >= 4 is 23.5 Å². The third-order valence-electron chi connectivity index (χ3n) is 3.95. The second-order valence-corrected chi connectivity index (χ2v) is 5.95. The molecule has 6 nitrogen and oxygen atoms in total. The fourth-order valence-electron chi connectivity index (χ4n) is 2.77. The third-order valence-corrected chi connectivity index (χ3v) is 3.95. The molecule has 2 rings (SSSR count). The number of aliphatic carboxylic acids is 1. The Bertz CT molecular complexity index is 609. The van der Waals surface area contributed by atoms with Gasteiger partial charge in [-0.3, -0.25) is 14.4 Å². The van der Waals surface area contributed by atoms with Gasteiger partial charge in [0.15, 0.2) is 0 Å². The lowest BCUT2D eigenvalue weighted by atomic mass is 10.1. The number of rotatable bonds is 5. The topological polar surface area (TPSA) is 109 Å². The first-order valence-corrected chi connectivity index (χ1v) is 6.64. The number of carboxylic acids is 1. The molecule has 0 aromatic heterocycles. The van der Waals surface area contributed by atoms with Crippen molar-refractivity contribution in [3.63, 3.8) is 0 Å². The number of hydrogen-bond acceptors (Lipinski definition) is 3. The Balaban J connectivity index is 2.07. The molecule has 0 bridgehead atoms. The molecule has 6 heteroatoms. The first-order valence-electron chi connectivity index (χ1n) is 6.64. The number of amides is 2. The van der Waals surface area contributed by atoms with Crippen LogP contribution in [0.25, 0.3) is 0 Å². The van der Waals surface area contributed by atoms with Crippen LogP contribution in [0.3, 0.4) is 0 Å². The smallest absolute Gasteiger partial charge is 0.307 e. The summed E-state index contributed by atoms with van der Waals surface area (Å²) in [4.78, 5) is 34.2. The van der Waals surface area contributed by atoms with E-state index in [0.29, 0.717) is 11.3 Å². The van der Waals surface area contributed by atoms with E-state index in [1.807, 2.05) is 0 Å². The van der Waals surface area contributed by atoms with E-state index in [1.54, 1.807) is 38.1 Å². The largest absolute Gasteiger partial charge is 0.481 e. The summed E-state index contributed by atoms with van der Waals surface area (Å²) in [5.74, 6) is -2.93. The average molecular weight is 290 g/mol. The Morgan fingerprint density at radius 1 is 1.29 bits per heavy atom. The van der Waals surface area contributed by atoms with Crippen LogP contribution in [-0.4, -0.2) is 22.9 Å². The van der Waals surface area contributed by atoms with Crippen molar-refractivity contribution < 1.29 is 19.5 Å². The lowest BCUT2D eigenvalue weighted by Gasteiger charge is -2.07. The van der Waals surface area contributed by atoms with E-state index in [0.717, 1.165) is 0 Å². The fourth-order valence-corrected chi connectivity index (χ4v) is 2.77. The summed E-state index contributed by atoms with van der Waals surface area (Å²) >= 11 is 0. The molecule has 2 amide bonds. The molecule has 0 saturated heterocycles. The van der Waals surface area contributed by atoms with Gasteiger partial charge in [-0.05, 0) is 23.1 Å². The highest BCUT2D eigenvalue weighted by Gasteiger charge is 2.65. The van der Waals surface area contributed by atoms with Gasteiger partial charge in [-0.25, -0.2) is 0 Å². The number of primary amides is 1. The predicted molar refractivity (Wildman–Crippen MR) is 76.4 cm³/mol. The summed E-state index contributed by atoms with van der Waals surface area (Å²) in [7, 11) is 0. The van der Waals surface area contributed by atoms with Crippen molar-refractivity contribution in [1.29, 1.82) is 0 Å². The van der Waals surface area contributed by atoms with Crippen LogP contribution in [0.5, 0.6) is 0 Å². The van der Waals surface area contributed by atoms with Crippen LogP contribution in [0.4, 0.5) is 5.69 Å². The molecule has 0 spiro atoms. The molecule has 1 aliphatic carbocycles. The van der Waals surface area contributed by atoms with Crippen LogP contribution in [0.2, 0.25) is 0 Å². The van der Waals surface area contributed by atoms with Crippen molar-refractivity contribution in [2.45, 2.75) is 20.3 Å². The Kier molecular flexibility index (Phi) is 3.72. The molecule has 1 saturated carbocycles. The minimum Gasteiger partial charge on any atom is -0.481 e. The van der Waals surface area contributed by atoms with E-state index in [9.17, 15) is 14.4 Å². The van der Waals surface area contributed by atoms with E-state index in [4.69, 9.17) is 10.8 Å². The van der Waals surface area contributed by atoms with Gasteiger partial charge in [0.05, 0.1) is 18.3 Å². The minimum atomic E-state index is -0.956. The maximum absolute atomic E-state index is 12.2. The summed E-state index contributed by atoms with van der Waals surface area (Å²) < 4.78 is 0. The van der Waals surface area contributed by atoms with Crippen LogP contribution in [0, 0.1) is 17.3 Å². The number of hydrogen-bond donors (Lipinski definition) is 3. The number of carbonyl (C=O) groups is 3. The van der Waals surface area contributed by atoms with Crippen molar-refractivity contribution in [2.24, 2.45) is 23.0 Å². The molecule has 21 heavy (non-hydrogen) atoms. The average Bonchev–Trinajstić information content (AvgIpc) is 2.92. The van der Waals surface area contributed by atoms with Gasteiger partial charge in [0.2, 0.25) is 11.8 Å². The number of anilines is 1. The van der Waals surface area contributed by atoms with E-state index < -0.39 is 29.1 Å². The molecular weight excluding hydrogens is 272 g/mol. The highest BCUT2D eigenvalue weighted by Crippen LogP contribution is 2.58. The maximum atomic E-state index is 12.2. The number of benzene rings is 1. The normalized spacial score (nSPS) is 22.4. The summed E-state index contributed by atoms with van der Waals surface area (Å²) in [6.07, 6.45) is 0.0936. The molecule has 0 heterocycles. The second kappa shape index (κ2) is 5.20.